The Kier molecular flexibility index (Phi) is 7.46. The highest BCUT2D eigenvalue weighted by Crippen LogP contribution is 2.25. The number of carbonyl (C=O) groups is 1. The summed E-state index contributed by atoms with van der Waals surface area (Å²) < 4.78 is 5.05. The van der Waals surface area contributed by atoms with Gasteiger partial charge in [0.15, 0.2) is 11.5 Å². The number of nitrogens with one attached hydrogen (secondary N) is 1. The maximum atomic E-state index is 12.1. The van der Waals surface area contributed by atoms with Crippen LogP contribution in [-0.2, 0) is 11.3 Å². The molecule has 0 radical (unpaired) electrons. The number of halogens is 1. The van der Waals surface area contributed by atoms with E-state index in [4.69, 9.17) is 16.3 Å². The number of piperazine rings is 1. The monoisotopic (exact) mass is 416 g/mol. The second-order valence-electron chi connectivity index (χ2n) is 6.90. The zero-order valence-corrected chi connectivity index (χ0v) is 17.1. The van der Waals surface area contributed by atoms with Crippen molar-refractivity contribution in [2.45, 2.75) is 6.54 Å². The first-order chi connectivity index (χ1) is 14.0. The normalized spacial score (nSPS) is 15.5. The van der Waals surface area contributed by atoms with Crippen molar-refractivity contribution < 1.29 is 14.6 Å². The van der Waals surface area contributed by atoms with Gasteiger partial charge >= 0.3 is 0 Å². The van der Waals surface area contributed by atoms with Crippen molar-refractivity contribution in [3.05, 3.63) is 58.6 Å². The second kappa shape index (κ2) is 10.2. The van der Waals surface area contributed by atoms with E-state index in [-0.39, 0.29) is 11.7 Å². The third-order valence-electron chi connectivity index (χ3n) is 4.76. The van der Waals surface area contributed by atoms with Gasteiger partial charge in [0.05, 0.1) is 19.9 Å². The predicted molar refractivity (Wildman–Crippen MR) is 114 cm³/mol. The number of carbonyl (C=O) groups excluding carboxylic acids is 1. The summed E-state index contributed by atoms with van der Waals surface area (Å²) in [5, 5.41) is 14.3. The quantitative estimate of drug-likeness (QED) is 0.535. The van der Waals surface area contributed by atoms with Gasteiger partial charge in [0.1, 0.15) is 0 Å². The van der Waals surface area contributed by atoms with Crippen molar-refractivity contribution in [1.29, 1.82) is 0 Å². The number of ether oxygens (including phenoxy) is 1. The number of benzene rings is 2. The van der Waals surface area contributed by atoms with Gasteiger partial charge in [0.2, 0.25) is 0 Å². The SMILES string of the molecule is COc1cc(/C=N/NC(=O)CN2CCN(Cc3ccc(Cl)cc3)CC2)ccc1O. The number of phenolic OH excluding ortho intramolecular Hbond substituents is 1. The highest BCUT2D eigenvalue weighted by molar-refractivity contribution is 6.30. The van der Waals surface area contributed by atoms with Crippen molar-refractivity contribution >= 4 is 23.7 Å². The molecule has 0 bridgehead atoms. The summed E-state index contributed by atoms with van der Waals surface area (Å²) in [5.41, 5.74) is 4.50. The Morgan fingerprint density at radius 3 is 2.55 bits per heavy atom. The van der Waals surface area contributed by atoms with Crippen LogP contribution < -0.4 is 10.2 Å². The van der Waals surface area contributed by atoms with Crippen LogP contribution in [0.3, 0.4) is 0 Å². The van der Waals surface area contributed by atoms with Gasteiger partial charge in [0, 0.05) is 37.7 Å². The van der Waals surface area contributed by atoms with Gasteiger partial charge in [-0.1, -0.05) is 23.7 Å². The Morgan fingerprint density at radius 1 is 1.17 bits per heavy atom. The van der Waals surface area contributed by atoms with Gasteiger partial charge < -0.3 is 9.84 Å². The molecule has 0 aromatic heterocycles. The molecule has 1 saturated heterocycles. The molecular weight excluding hydrogens is 392 g/mol. The number of phenols is 1. The molecule has 1 amide bonds. The smallest absolute Gasteiger partial charge is 0.254 e. The highest BCUT2D eigenvalue weighted by atomic mass is 35.5. The number of nitrogens with zero attached hydrogens (tertiary/aromatic N) is 3. The molecule has 1 fully saturated rings. The van der Waals surface area contributed by atoms with E-state index in [0.717, 1.165) is 43.3 Å². The van der Waals surface area contributed by atoms with Crippen LogP contribution in [-0.4, -0.2) is 66.9 Å². The maximum absolute atomic E-state index is 12.1. The summed E-state index contributed by atoms with van der Waals surface area (Å²) in [6, 6.07) is 12.8. The van der Waals surface area contributed by atoms with E-state index in [9.17, 15) is 9.90 Å². The molecule has 8 heteroatoms. The van der Waals surface area contributed by atoms with Gasteiger partial charge in [-0.25, -0.2) is 5.43 Å². The molecule has 0 aliphatic carbocycles. The van der Waals surface area contributed by atoms with E-state index >= 15 is 0 Å². The van der Waals surface area contributed by atoms with Crippen molar-refractivity contribution in [3.63, 3.8) is 0 Å². The standard InChI is InChI=1S/C21H25ClN4O3/c1-29-20-12-17(4-7-19(20)27)13-23-24-21(28)15-26-10-8-25(9-11-26)14-16-2-5-18(22)6-3-16/h2-7,12-13,27H,8-11,14-15H2,1H3,(H,24,28)/b23-13+. The summed E-state index contributed by atoms with van der Waals surface area (Å²) in [6.07, 6.45) is 1.52. The molecule has 154 valence electrons. The molecule has 2 N–H and O–H groups in total. The minimum Gasteiger partial charge on any atom is -0.504 e. The Bertz CT molecular complexity index is 850. The second-order valence-corrected chi connectivity index (χ2v) is 7.34. The van der Waals surface area contributed by atoms with E-state index in [2.05, 4.69) is 20.3 Å². The minimum atomic E-state index is -0.154. The molecule has 1 aliphatic heterocycles. The summed E-state index contributed by atoms with van der Waals surface area (Å²) >= 11 is 5.93. The lowest BCUT2D eigenvalue weighted by molar-refractivity contribution is -0.122. The van der Waals surface area contributed by atoms with Crippen molar-refractivity contribution in [2.24, 2.45) is 5.10 Å². The lowest BCUT2D eigenvalue weighted by Crippen LogP contribution is -2.48. The number of amides is 1. The van der Waals surface area contributed by atoms with Crippen LogP contribution in [0.15, 0.2) is 47.6 Å². The molecule has 3 rings (SSSR count). The average Bonchev–Trinajstić information content (AvgIpc) is 2.72. The first kappa shape index (κ1) is 21.1. The summed E-state index contributed by atoms with van der Waals surface area (Å²) in [7, 11) is 1.48. The Balaban J connectivity index is 1.40. The molecule has 0 unspecified atom stereocenters. The van der Waals surface area contributed by atoms with Crippen molar-refractivity contribution in [1.82, 2.24) is 15.2 Å². The largest absolute Gasteiger partial charge is 0.504 e. The van der Waals surface area contributed by atoms with E-state index in [0.29, 0.717) is 12.3 Å². The Labute approximate surface area is 175 Å². The zero-order valence-electron chi connectivity index (χ0n) is 16.3. The number of hydrogen-bond acceptors (Lipinski definition) is 6. The van der Waals surface area contributed by atoms with Gasteiger partial charge in [-0.2, -0.15) is 5.10 Å². The number of hydrogen-bond donors (Lipinski definition) is 2. The maximum Gasteiger partial charge on any atom is 0.254 e. The van der Waals surface area contributed by atoms with Gasteiger partial charge in [-0.3, -0.25) is 14.6 Å². The molecule has 1 heterocycles. The van der Waals surface area contributed by atoms with E-state index in [1.165, 1.54) is 25.0 Å². The van der Waals surface area contributed by atoms with Crippen molar-refractivity contribution in [2.75, 3.05) is 39.8 Å². The van der Waals surface area contributed by atoms with Crippen molar-refractivity contribution in [3.8, 4) is 11.5 Å². The van der Waals surface area contributed by atoms with E-state index in [1.54, 1.807) is 12.1 Å². The number of rotatable bonds is 7. The molecule has 29 heavy (non-hydrogen) atoms. The van der Waals surface area contributed by atoms with Gasteiger partial charge in [-0.15, -0.1) is 0 Å². The van der Waals surface area contributed by atoms with Gasteiger partial charge in [0.25, 0.3) is 5.91 Å². The van der Waals surface area contributed by atoms with Crippen LogP contribution in [0.2, 0.25) is 5.02 Å². The summed E-state index contributed by atoms with van der Waals surface area (Å²) in [5.74, 6) is 0.263. The molecule has 0 atom stereocenters. The zero-order chi connectivity index (χ0) is 20.6. The summed E-state index contributed by atoms with van der Waals surface area (Å²) in [4.78, 5) is 16.6. The van der Waals surface area contributed by atoms with Crippen LogP contribution >= 0.6 is 11.6 Å². The fourth-order valence-corrected chi connectivity index (χ4v) is 3.27. The molecule has 0 saturated carbocycles. The Morgan fingerprint density at radius 2 is 1.86 bits per heavy atom. The van der Waals surface area contributed by atoms with E-state index < -0.39 is 0 Å². The van der Waals surface area contributed by atoms with Gasteiger partial charge in [-0.05, 0) is 41.5 Å². The molecule has 7 nitrogen and oxygen atoms in total. The summed E-state index contributed by atoms with van der Waals surface area (Å²) in [6.45, 7) is 4.68. The lowest BCUT2D eigenvalue weighted by Gasteiger charge is -2.34. The molecule has 2 aromatic carbocycles. The number of hydrazone groups is 1. The van der Waals surface area contributed by atoms with Crippen LogP contribution in [0.1, 0.15) is 11.1 Å². The number of aromatic hydroxyl groups is 1. The molecule has 0 spiro atoms. The molecule has 1 aliphatic rings. The highest BCUT2D eigenvalue weighted by Gasteiger charge is 2.18. The minimum absolute atomic E-state index is 0.0592. The first-order valence-corrected chi connectivity index (χ1v) is 9.79. The average molecular weight is 417 g/mol. The predicted octanol–water partition coefficient (Wildman–Crippen LogP) is 2.32. The van der Waals surface area contributed by atoms with E-state index in [1.807, 2.05) is 24.3 Å². The Hall–Kier alpha value is -2.61. The third-order valence-corrected chi connectivity index (χ3v) is 5.01. The van der Waals surface area contributed by atoms with Crippen LogP contribution in [0.25, 0.3) is 0 Å². The third kappa shape index (κ3) is 6.45. The number of methoxy groups -OCH3 is 1. The lowest BCUT2D eigenvalue weighted by atomic mass is 10.2. The first-order valence-electron chi connectivity index (χ1n) is 9.41. The fourth-order valence-electron chi connectivity index (χ4n) is 3.15. The fraction of sp³-hybridized carbons (Fsp3) is 0.333. The topological polar surface area (TPSA) is 77.4 Å². The van der Waals surface area contributed by atoms with Crippen LogP contribution in [0.5, 0.6) is 11.5 Å². The van der Waals surface area contributed by atoms with Crippen LogP contribution in [0, 0.1) is 0 Å². The van der Waals surface area contributed by atoms with Crippen LogP contribution in [0.4, 0.5) is 0 Å². The molecular formula is C21H25ClN4O3. The molecule has 2 aromatic rings.